The SMILES string of the molecule is CCC1C(=O)N(C)c2cnc(Nc3ccc(C(=O)NCCC(O)CN4CCN(C)CC4)c4c3OC(C)(C)C4)nc2N1C1CCCC1. The number of rotatable bonds is 10. The first-order valence-corrected chi connectivity index (χ1v) is 17.0. The Kier molecular flexibility index (Phi) is 9.40. The van der Waals surface area contributed by atoms with Crippen molar-refractivity contribution in [1.82, 2.24) is 25.1 Å². The molecule has 3 N–H and O–H groups in total. The second-order valence-corrected chi connectivity index (χ2v) is 14.0. The van der Waals surface area contributed by atoms with Crippen LogP contribution in [0.5, 0.6) is 5.75 Å². The summed E-state index contributed by atoms with van der Waals surface area (Å²) in [7, 11) is 3.92. The van der Waals surface area contributed by atoms with E-state index < -0.39 is 11.7 Å². The second-order valence-electron chi connectivity index (χ2n) is 14.0. The predicted octanol–water partition coefficient (Wildman–Crippen LogP) is 3.17. The van der Waals surface area contributed by atoms with Gasteiger partial charge in [-0.3, -0.25) is 14.5 Å². The van der Waals surface area contributed by atoms with E-state index in [0.717, 1.165) is 68.9 Å². The maximum Gasteiger partial charge on any atom is 0.251 e. The molecule has 12 nitrogen and oxygen atoms in total. The maximum atomic E-state index is 13.4. The summed E-state index contributed by atoms with van der Waals surface area (Å²) in [5, 5.41) is 17.0. The molecule has 4 heterocycles. The predicted molar refractivity (Wildman–Crippen MR) is 179 cm³/mol. The number of piperazine rings is 1. The van der Waals surface area contributed by atoms with Gasteiger partial charge in [-0.15, -0.1) is 0 Å². The lowest BCUT2D eigenvalue weighted by Gasteiger charge is -2.43. The van der Waals surface area contributed by atoms with Crippen molar-refractivity contribution in [3.8, 4) is 5.75 Å². The molecule has 2 fully saturated rings. The summed E-state index contributed by atoms with van der Waals surface area (Å²) in [6.45, 7) is 11.0. The van der Waals surface area contributed by atoms with Gasteiger partial charge in [-0.1, -0.05) is 19.8 Å². The number of hydrogen-bond acceptors (Lipinski definition) is 10. The van der Waals surface area contributed by atoms with Crippen LogP contribution in [0, 0.1) is 0 Å². The molecule has 0 spiro atoms. The summed E-state index contributed by atoms with van der Waals surface area (Å²) >= 11 is 0. The number of nitrogens with one attached hydrogen (secondary N) is 2. The molecule has 2 amide bonds. The lowest BCUT2D eigenvalue weighted by atomic mass is 9.96. The molecule has 0 radical (unpaired) electrons. The number of likely N-dealkylation sites (N-methyl/N-ethyl adjacent to an activating group) is 2. The van der Waals surface area contributed by atoms with Crippen molar-refractivity contribution in [2.24, 2.45) is 0 Å². The number of carbonyl (C=O) groups is 2. The number of anilines is 4. The molecule has 2 atom stereocenters. The van der Waals surface area contributed by atoms with Crippen LogP contribution in [-0.2, 0) is 11.2 Å². The topological polar surface area (TPSA) is 126 Å². The Morgan fingerprint density at radius 3 is 2.61 bits per heavy atom. The van der Waals surface area contributed by atoms with E-state index in [0.29, 0.717) is 55.3 Å². The maximum absolute atomic E-state index is 13.4. The van der Waals surface area contributed by atoms with Crippen molar-refractivity contribution < 1.29 is 19.4 Å². The first-order valence-electron chi connectivity index (χ1n) is 17.0. The summed E-state index contributed by atoms with van der Waals surface area (Å²) in [6, 6.07) is 3.70. The van der Waals surface area contributed by atoms with Crippen LogP contribution in [0.1, 0.15) is 75.2 Å². The molecule has 1 aromatic heterocycles. The monoisotopic (exact) mass is 634 g/mol. The first-order chi connectivity index (χ1) is 22.0. The van der Waals surface area contributed by atoms with E-state index in [4.69, 9.17) is 9.72 Å². The van der Waals surface area contributed by atoms with Gasteiger partial charge in [-0.2, -0.15) is 4.98 Å². The minimum atomic E-state index is -0.491. The fraction of sp³-hybridized carbons (Fsp3) is 0.647. The Balaban J connectivity index is 1.18. The van der Waals surface area contributed by atoms with Gasteiger partial charge in [0, 0.05) is 69.9 Å². The van der Waals surface area contributed by atoms with Crippen LogP contribution in [0.3, 0.4) is 0 Å². The third-order valence-corrected chi connectivity index (χ3v) is 9.97. The zero-order valence-corrected chi connectivity index (χ0v) is 28.0. The van der Waals surface area contributed by atoms with Gasteiger partial charge < -0.3 is 35.2 Å². The molecule has 0 bridgehead atoms. The fourth-order valence-electron chi connectivity index (χ4n) is 7.40. The number of carbonyl (C=O) groups excluding carboxylic acids is 2. The van der Waals surface area contributed by atoms with E-state index in [1.165, 1.54) is 0 Å². The van der Waals surface area contributed by atoms with Crippen molar-refractivity contribution in [2.45, 2.75) is 89.5 Å². The second kappa shape index (κ2) is 13.3. The normalized spacial score (nSPS) is 22.4. The van der Waals surface area contributed by atoms with E-state index in [1.54, 1.807) is 18.1 Å². The summed E-state index contributed by atoms with van der Waals surface area (Å²) in [4.78, 5) is 44.7. The molecular formula is C34H50N8O4. The molecule has 1 aliphatic carbocycles. The molecular weight excluding hydrogens is 584 g/mol. The van der Waals surface area contributed by atoms with Gasteiger partial charge in [0.25, 0.3) is 5.91 Å². The molecule has 2 aromatic rings. The Bertz CT molecular complexity index is 1440. The third kappa shape index (κ3) is 6.65. The molecule has 3 aliphatic heterocycles. The number of ether oxygens (including phenoxy) is 1. The van der Waals surface area contributed by atoms with E-state index >= 15 is 0 Å². The van der Waals surface area contributed by atoms with E-state index in [9.17, 15) is 14.7 Å². The average molecular weight is 635 g/mol. The van der Waals surface area contributed by atoms with Crippen molar-refractivity contribution in [3.63, 3.8) is 0 Å². The van der Waals surface area contributed by atoms with Crippen LogP contribution >= 0.6 is 0 Å². The minimum absolute atomic E-state index is 0.0815. The zero-order chi connectivity index (χ0) is 32.6. The standard InChI is InChI=1S/C34H50N8O4/c1-6-27-32(45)40(5)28-20-36-33(38-30(28)42(27)22-9-7-8-10-22)37-26-12-11-24(25-19-34(2,3)46-29(25)26)31(44)35-14-13-23(43)21-41-17-15-39(4)16-18-41/h11-12,20,22-23,27,43H,6-10,13-19,21H2,1-5H3,(H,35,44)(H,36,37,38). The molecule has 6 rings (SSSR count). The number of nitrogens with zero attached hydrogens (tertiary/aromatic N) is 6. The number of fused-ring (bicyclic) bond motifs is 2. The average Bonchev–Trinajstić information content (AvgIpc) is 3.67. The number of benzene rings is 1. The highest BCUT2D eigenvalue weighted by molar-refractivity contribution is 6.04. The summed E-state index contributed by atoms with van der Waals surface area (Å²) in [6.07, 6.45) is 7.43. The van der Waals surface area contributed by atoms with Gasteiger partial charge in [0.05, 0.1) is 18.0 Å². The summed E-state index contributed by atoms with van der Waals surface area (Å²) in [5.74, 6) is 1.73. The Morgan fingerprint density at radius 2 is 1.89 bits per heavy atom. The van der Waals surface area contributed by atoms with Crippen LogP contribution in [0.4, 0.5) is 23.1 Å². The van der Waals surface area contributed by atoms with Gasteiger partial charge in [0.1, 0.15) is 23.1 Å². The number of aromatic nitrogens is 2. The Morgan fingerprint density at radius 1 is 1.15 bits per heavy atom. The van der Waals surface area contributed by atoms with Gasteiger partial charge in [0.2, 0.25) is 11.9 Å². The van der Waals surface area contributed by atoms with Gasteiger partial charge >= 0.3 is 0 Å². The number of β-amino-alcohol motifs (C(OH)–C–C–N with tert-alkyl or cyclic N) is 1. The van der Waals surface area contributed by atoms with E-state index in [2.05, 4.69) is 44.3 Å². The fourth-order valence-corrected chi connectivity index (χ4v) is 7.40. The molecule has 2 unspecified atom stereocenters. The van der Waals surface area contributed by atoms with E-state index in [-0.39, 0.29) is 23.9 Å². The van der Waals surface area contributed by atoms with Crippen LogP contribution in [0.25, 0.3) is 0 Å². The van der Waals surface area contributed by atoms with Crippen LogP contribution in [0.2, 0.25) is 0 Å². The van der Waals surface area contributed by atoms with Crippen LogP contribution in [-0.4, -0.2) is 114 Å². The van der Waals surface area contributed by atoms with Crippen molar-refractivity contribution >= 4 is 35.0 Å². The third-order valence-electron chi connectivity index (χ3n) is 9.97. The Hall–Kier alpha value is -3.48. The lowest BCUT2D eigenvalue weighted by Crippen LogP contribution is -2.55. The molecule has 46 heavy (non-hydrogen) atoms. The molecule has 250 valence electrons. The minimum Gasteiger partial charge on any atom is -0.485 e. The lowest BCUT2D eigenvalue weighted by molar-refractivity contribution is -0.120. The number of aliphatic hydroxyl groups is 1. The van der Waals surface area contributed by atoms with Crippen LogP contribution < -0.4 is 25.2 Å². The van der Waals surface area contributed by atoms with E-state index in [1.807, 2.05) is 26.0 Å². The summed E-state index contributed by atoms with van der Waals surface area (Å²) < 4.78 is 6.39. The quantitative estimate of drug-likeness (QED) is 0.359. The number of amides is 2. The van der Waals surface area contributed by atoms with Gasteiger partial charge in [-0.25, -0.2) is 4.98 Å². The molecule has 12 heteroatoms. The molecule has 1 aromatic carbocycles. The highest BCUT2D eigenvalue weighted by Crippen LogP contribution is 2.44. The highest BCUT2D eigenvalue weighted by Gasteiger charge is 2.41. The highest BCUT2D eigenvalue weighted by atomic mass is 16.5. The molecule has 4 aliphatic rings. The van der Waals surface area contributed by atoms with Crippen LogP contribution in [0.15, 0.2) is 18.3 Å². The molecule has 1 saturated heterocycles. The number of hydrogen-bond donors (Lipinski definition) is 3. The van der Waals surface area contributed by atoms with Crippen molar-refractivity contribution in [3.05, 3.63) is 29.5 Å². The molecule has 1 saturated carbocycles. The first kappa shape index (κ1) is 32.5. The van der Waals surface area contributed by atoms with Crippen molar-refractivity contribution in [1.29, 1.82) is 0 Å². The Labute approximate surface area is 272 Å². The zero-order valence-electron chi connectivity index (χ0n) is 28.0. The van der Waals surface area contributed by atoms with Crippen molar-refractivity contribution in [2.75, 3.05) is 68.5 Å². The number of aliphatic hydroxyl groups excluding tert-OH is 1. The van der Waals surface area contributed by atoms with Gasteiger partial charge in [0.15, 0.2) is 5.82 Å². The smallest absolute Gasteiger partial charge is 0.251 e. The van der Waals surface area contributed by atoms with Gasteiger partial charge in [-0.05, 0) is 58.7 Å². The largest absolute Gasteiger partial charge is 0.485 e. The summed E-state index contributed by atoms with van der Waals surface area (Å²) in [5.41, 5.74) is 2.34.